The van der Waals surface area contributed by atoms with Gasteiger partial charge in [-0.3, -0.25) is 4.79 Å². The number of carbonyl (C=O) groups excluding carboxylic acids is 1. The molecule has 6 heteroatoms. The van der Waals surface area contributed by atoms with Crippen LogP contribution in [0.25, 0.3) is 0 Å². The van der Waals surface area contributed by atoms with Gasteiger partial charge in [-0.1, -0.05) is 15.9 Å². The van der Waals surface area contributed by atoms with Crippen LogP contribution in [0.1, 0.15) is 6.42 Å². The van der Waals surface area contributed by atoms with Crippen molar-refractivity contribution < 1.29 is 18.5 Å². The lowest BCUT2D eigenvalue weighted by molar-refractivity contribution is -0.140. The summed E-state index contributed by atoms with van der Waals surface area (Å²) in [6, 6.07) is 0. The maximum atomic E-state index is 10.5. The van der Waals surface area contributed by atoms with E-state index in [1.807, 2.05) is 0 Å². The molecule has 0 amide bonds. The minimum absolute atomic E-state index is 0.287. The van der Waals surface area contributed by atoms with E-state index >= 15 is 0 Å². The summed E-state index contributed by atoms with van der Waals surface area (Å²) >= 11 is 5.25. The average Bonchev–Trinajstić information content (AvgIpc) is 1.85. The maximum absolute atomic E-state index is 10.5. The van der Waals surface area contributed by atoms with E-state index in [-0.39, 0.29) is 6.42 Å². The molecule has 0 saturated carbocycles. The summed E-state index contributed by atoms with van der Waals surface area (Å²) in [6.07, 6.45) is -0.287. The van der Waals surface area contributed by atoms with E-state index in [0.717, 1.165) is 0 Å². The molecule has 10 heavy (non-hydrogen) atoms. The number of carboxylic acid groups (broad SMARTS) is 1. The number of halogens is 2. The maximum Gasteiger partial charge on any atom is 0.331 e. The Morgan fingerprint density at radius 2 is 2.10 bits per heavy atom. The third-order valence-electron chi connectivity index (χ3n) is 0.686. The van der Waals surface area contributed by atoms with E-state index in [0.29, 0.717) is 0 Å². The number of rotatable bonds is 3. The van der Waals surface area contributed by atoms with Gasteiger partial charge in [0.2, 0.25) is 0 Å². The van der Waals surface area contributed by atoms with Crippen LogP contribution < -0.4 is 0 Å². The van der Waals surface area contributed by atoms with Crippen molar-refractivity contribution in [2.75, 3.05) is 0 Å². The number of carboxylic acids is 1. The predicted molar refractivity (Wildman–Crippen MR) is 40.0 cm³/mol. The fourth-order valence-corrected chi connectivity index (χ4v) is 1.13. The number of aliphatic carboxylic acids is 1. The monoisotopic (exact) mass is 274 g/mol. The van der Waals surface area contributed by atoms with E-state index in [9.17, 15) is 9.59 Å². The molecule has 0 aliphatic rings. The predicted octanol–water partition coefficient (Wildman–Crippen LogP) is 1.08. The standard InChI is InChI=1S/C4H4Br2O4/c5-2(1-3(7)8)4(9)10-6/h2H,1H2,(H,7,8). The molecule has 0 aliphatic carbocycles. The van der Waals surface area contributed by atoms with Crippen molar-refractivity contribution in [1.82, 2.24) is 0 Å². The Labute approximate surface area is 74.1 Å². The molecular weight excluding hydrogens is 272 g/mol. The van der Waals surface area contributed by atoms with Crippen molar-refractivity contribution >= 4 is 44.1 Å². The van der Waals surface area contributed by atoms with Gasteiger partial charge >= 0.3 is 11.9 Å². The van der Waals surface area contributed by atoms with Crippen LogP contribution in [0.5, 0.6) is 0 Å². The molecule has 0 bridgehead atoms. The second-order valence-corrected chi connectivity index (χ2v) is 2.89. The fourth-order valence-electron chi connectivity index (χ4n) is 0.285. The van der Waals surface area contributed by atoms with Crippen molar-refractivity contribution in [3.63, 3.8) is 0 Å². The highest BCUT2D eigenvalue weighted by Gasteiger charge is 2.18. The Morgan fingerprint density at radius 3 is 2.40 bits per heavy atom. The zero-order valence-electron chi connectivity index (χ0n) is 4.71. The van der Waals surface area contributed by atoms with Gasteiger partial charge in [0.25, 0.3) is 0 Å². The van der Waals surface area contributed by atoms with Crippen LogP contribution in [0.3, 0.4) is 0 Å². The van der Waals surface area contributed by atoms with Crippen LogP contribution in [0.15, 0.2) is 0 Å². The highest BCUT2D eigenvalue weighted by atomic mass is 79.9. The van der Waals surface area contributed by atoms with Crippen molar-refractivity contribution in [3.05, 3.63) is 0 Å². The summed E-state index contributed by atoms with van der Waals surface area (Å²) in [5, 5.41) is 8.18. The Kier molecular flexibility index (Phi) is 4.63. The molecule has 1 unspecified atom stereocenters. The smallest absolute Gasteiger partial charge is 0.331 e. The molecule has 0 spiro atoms. The van der Waals surface area contributed by atoms with Crippen LogP contribution in [-0.2, 0) is 13.4 Å². The second-order valence-electron chi connectivity index (χ2n) is 1.46. The SMILES string of the molecule is O=C(O)CC(Br)C(=O)OBr. The molecular formula is C4H4Br2O4. The lowest BCUT2D eigenvalue weighted by Crippen LogP contribution is -2.17. The van der Waals surface area contributed by atoms with E-state index in [4.69, 9.17) is 5.11 Å². The Hall–Kier alpha value is -0.100. The third-order valence-corrected chi connectivity index (χ3v) is 1.70. The van der Waals surface area contributed by atoms with Crippen LogP contribution >= 0.6 is 32.2 Å². The number of alkyl halides is 1. The van der Waals surface area contributed by atoms with Gasteiger partial charge in [-0.05, 0) is 0 Å². The molecule has 58 valence electrons. The normalized spacial score (nSPS) is 12.2. The summed E-state index contributed by atoms with van der Waals surface area (Å²) < 4.78 is 4.08. The molecule has 4 nitrogen and oxygen atoms in total. The first-order valence-corrected chi connectivity index (χ1v) is 3.82. The molecule has 0 aromatic rings. The van der Waals surface area contributed by atoms with Crippen molar-refractivity contribution in [2.24, 2.45) is 0 Å². The van der Waals surface area contributed by atoms with E-state index in [1.165, 1.54) is 0 Å². The van der Waals surface area contributed by atoms with Crippen molar-refractivity contribution in [1.29, 1.82) is 0 Å². The lowest BCUT2D eigenvalue weighted by atomic mass is 10.3. The zero-order valence-corrected chi connectivity index (χ0v) is 7.88. The first kappa shape index (κ1) is 9.90. The topological polar surface area (TPSA) is 63.6 Å². The summed E-state index contributed by atoms with van der Waals surface area (Å²) in [5.41, 5.74) is 0. The Balaban J connectivity index is 3.72. The van der Waals surface area contributed by atoms with E-state index in [1.54, 1.807) is 0 Å². The number of hydrogen-bond acceptors (Lipinski definition) is 3. The average molecular weight is 276 g/mol. The van der Waals surface area contributed by atoms with Gasteiger partial charge in [0.1, 0.15) is 4.83 Å². The number of carbonyl (C=O) groups is 2. The van der Waals surface area contributed by atoms with Gasteiger partial charge in [-0.25, -0.2) is 4.79 Å². The molecule has 0 aromatic heterocycles. The summed E-state index contributed by atoms with van der Waals surface area (Å²) in [5.74, 6) is -1.71. The molecule has 0 radical (unpaired) electrons. The van der Waals surface area contributed by atoms with Crippen molar-refractivity contribution in [3.8, 4) is 0 Å². The van der Waals surface area contributed by atoms with Crippen LogP contribution in [-0.4, -0.2) is 21.9 Å². The third kappa shape index (κ3) is 3.84. The molecule has 0 aromatic carbocycles. The molecule has 0 saturated heterocycles. The van der Waals surface area contributed by atoms with Crippen LogP contribution in [0.4, 0.5) is 0 Å². The molecule has 1 atom stereocenters. The van der Waals surface area contributed by atoms with E-state index < -0.39 is 16.8 Å². The second kappa shape index (κ2) is 4.68. The molecule has 1 N–H and O–H groups in total. The fraction of sp³-hybridized carbons (Fsp3) is 0.500. The first-order valence-electron chi connectivity index (χ1n) is 2.26. The van der Waals surface area contributed by atoms with Crippen molar-refractivity contribution in [2.45, 2.75) is 11.2 Å². The summed E-state index contributed by atoms with van der Waals surface area (Å²) in [4.78, 5) is 19.7. The van der Waals surface area contributed by atoms with Gasteiger partial charge in [0.05, 0.1) is 6.42 Å². The quantitative estimate of drug-likeness (QED) is 0.783. The van der Waals surface area contributed by atoms with Gasteiger partial charge in [-0.15, -0.1) is 0 Å². The molecule has 0 fully saturated rings. The van der Waals surface area contributed by atoms with Crippen LogP contribution in [0.2, 0.25) is 0 Å². The highest BCUT2D eigenvalue weighted by Crippen LogP contribution is 2.08. The zero-order chi connectivity index (χ0) is 8.15. The minimum atomic E-state index is -1.06. The van der Waals surface area contributed by atoms with Gasteiger partial charge < -0.3 is 8.93 Å². The largest absolute Gasteiger partial charge is 0.481 e. The van der Waals surface area contributed by atoms with Gasteiger partial charge in [0.15, 0.2) is 16.3 Å². The summed E-state index contributed by atoms with van der Waals surface area (Å²) in [7, 11) is 0. The van der Waals surface area contributed by atoms with Gasteiger partial charge in [0, 0.05) is 0 Å². The first-order chi connectivity index (χ1) is 4.57. The molecule has 0 rings (SSSR count). The Bertz CT molecular complexity index is 146. The Morgan fingerprint density at radius 1 is 1.60 bits per heavy atom. The van der Waals surface area contributed by atoms with Gasteiger partial charge in [-0.2, -0.15) is 0 Å². The highest BCUT2D eigenvalue weighted by molar-refractivity contribution is 9.10. The molecule has 0 heterocycles. The van der Waals surface area contributed by atoms with Crippen LogP contribution in [0, 0.1) is 0 Å². The van der Waals surface area contributed by atoms with E-state index in [2.05, 4.69) is 36.0 Å². The minimum Gasteiger partial charge on any atom is -0.481 e. The lowest BCUT2D eigenvalue weighted by Gasteiger charge is -2.00. The number of hydrogen-bond donors (Lipinski definition) is 1. The molecule has 0 aliphatic heterocycles. The summed E-state index contributed by atoms with van der Waals surface area (Å²) in [6.45, 7) is 0.